The molecule has 0 radical (unpaired) electrons. The second-order valence-corrected chi connectivity index (χ2v) is 8.34. The molecule has 0 saturated carbocycles. The highest BCUT2D eigenvalue weighted by molar-refractivity contribution is 5.85. The van der Waals surface area contributed by atoms with Gasteiger partial charge >= 0.3 is 12.1 Å². The summed E-state index contributed by atoms with van der Waals surface area (Å²) in [5.41, 5.74) is 1.31. The van der Waals surface area contributed by atoms with E-state index in [0.717, 1.165) is 16.7 Å². The zero-order chi connectivity index (χ0) is 20.5. The Labute approximate surface area is 164 Å². The largest absolute Gasteiger partial charge is 0.465 e. The number of hydrogen-bond donors (Lipinski definition) is 1. The number of likely N-dealkylation sites (tertiary alicyclic amines) is 1. The number of aryl methyl sites for hydroxylation is 1. The Bertz CT molecular complexity index is 874. The summed E-state index contributed by atoms with van der Waals surface area (Å²) < 4.78 is 7.49. The van der Waals surface area contributed by atoms with Gasteiger partial charge in [0.05, 0.1) is 11.6 Å². The molecule has 2 heterocycles. The normalized spacial score (nSPS) is 16.6. The third kappa shape index (κ3) is 4.03. The smallest absolute Gasteiger partial charge is 0.407 e. The number of nitrogens with zero attached hydrogens (tertiary/aromatic N) is 3. The summed E-state index contributed by atoms with van der Waals surface area (Å²) in [7, 11) is 1.86. The Balaban J connectivity index is 2.00. The first-order valence-corrected chi connectivity index (χ1v) is 9.42. The highest BCUT2D eigenvalue weighted by Crippen LogP contribution is 2.39. The fourth-order valence-corrected chi connectivity index (χ4v) is 3.63. The van der Waals surface area contributed by atoms with Crippen molar-refractivity contribution in [3.05, 3.63) is 42.2 Å². The second-order valence-electron chi connectivity index (χ2n) is 8.34. The molecule has 1 aromatic heterocycles. The first-order valence-electron chi connectivity index (χ1n) is 9.42. The van der Waals surface area contributed by atoms with Gasteiger partial charge in [-0.1, -0.05) is 18.2 Å². The Morgan fingerprint density at radius 3 is 2.39 bits per heavy atom. The van der Waals surface area contributed by atoms with Gasteiger partial charge in [-0.15, -0.1) is 0 Å². The summed E-state index contributed by atoms with van der Waals surface area (Å²) in [6.45, 7) is 6.13. The molecule has 1 amide bonds. The molecular formula is C21H27N3O4. The number of benzene rings is 1. The molecule has 0 atom stereocenters. The molecule has 1 aliphatic heterocycles. The van der Waals surface area contributed by atoms with Gasteiger partial charge in [0.2, 0.25) is 0 Å². The number of aromatic nitrogens is 2. The number of piperidine rings is 1. The van der Waals surface area contributed by atoms with E-state index in [9.17, 15) is 14.7 Å². The highest BCUT2D eigenvalue weighted by Gasteiger charge is 2.46. The Kier molecular flexibility index (Phi) is 5.19. The van der Waals surface area contributed by atoms with Crippen molar-refractivity contribution in [3.8, 4) is 11.1 Å². The van der Waals surface area contributed by atoms with Gasteiger partial charge in [-0.05, 0) is 50.8 Å². The highest BCUT2D eigenvalue weighted by atomic mass is 16.6. The van der Waals surface area contributed by atoms with Crippen molar-refractivity contribution in [2.75, 3.05) is 13.1 Å². The van der Waals surface area contributed by atoms with Crippen molar-refractivity contribution < 1.29 is 19.4 Å². The summed E-state index contributed by atoms with van der Waals surface area (Å²) in [5.74, 6) is -0.298. The van der Waals surface area contributed by atoms with Crippen LogP contribution in [0.1, 0.15) is 39.2 Å². The van der Waals surface area contributed by atoms with E-state index < -0.39 is 17.1 Å². The van der Waals surface area contributed by atoms with Gasteiger partial charge in [0, 0.05) is 31.9 Å². The molecule has 28 heavy (non-hydrogen) atoms. The number of amides is 1. The maximum Gasteiger partial charge on any atom is 0.407 e. The van der Waals surface area contributed by atoms with Gasteiger partial charge in [0.25, 0.3) is 0 Å². The molecular weight excluding hydrogens is 358 g/mol. The standard InChI is InChI=1S/C21H27N3O4/c1-20(2,3)28-18(25)21(8-10-24(11-9-21)19(26)27)17-7-5-6-15(12-17)16-13-22-23(4)14-16/h5-7,12-14H,8-11H2,1-4H3,(H,26,27). The number of carbonyl (C=O) groups is 2. The van der Waals surface area contributed by atoms with Crippen LogP contribution in [0.15, 0.2) is 36.7 Å². The molecule has 0 bridgehead atoms. The second kappa shape index (κ2) is 7.30. The summed E-state index contributed by atoms with van der Waals surface area (Å²) in [5, 5.41) is 13.5. The Hall–Kier alpha value is -2.83. The molecule has 1 saturated heterocycles. The van der Waals surface area contributed by atoms with Gasteiger partial charge in [-0.25, -0.2) is 4.79 Å². The van der Waals surface area contributed by atoms with E-state index in [1.54, 1.807) is 10.9 Å². The molecule has 1 fully saturated rings. The number of esters is 1. The SMILES string of the molecule is Cn1cc(-c2cccc(C3(C(=O)OC(C)(C)C)CCN(C(=O)O)CC3)c2)cn1. The molecule has 1 aliphatic rings. The lowest BCUT2D eigenvalue weighted by atomic mass is 9.72. The van der Waals surface area contributed by atoms with Crippen molar-refractivity contribution in [1.82, 2.24) is 14.7 Å². The molecule has 0 spiro atoms. The molecule has 0 aliphatic carbocycles. The molecule has 7 heteroatoms. The number of carboxylic acid groups (broad SMARTS) is 1. The van der Waals surface area contributed by atoms with E-state index in [0.29, 0.717) is 25.9 Å². The van der Waals surface area contributed by atoms with Crippen LogP contribution in [0.4, 0.5) is 4.79 Å². The van der Waals surface area contributed by atoms with Crippen LogP contribution in [0, 0.1) is 0 Å². The third-order valence-electron chi connectivity index (χ3n) is 5.13. The van der Waals surface area contributed by atoms with Gasteiger partial charge in [0.15, 0.2) is 0 Å². The van der Waals surface area contributed by atoms with Crippen LogP contribution in [0.3, 0.4) is 0 Å². The predicted molar refractivity (Wildman–Crippen MR) is 105 cm³/mol. The minimum Gasteiger partial charge on any atom is -0.465 e. The summed E-state index contributed by atoms with van der Waals surface area (Å²) >= 11 is 0. The number of ether oxygens (including phenoxy) is 1. The van der Waals surface area contributed by atoms with Crippen LogP contribution < -0.4 is 0 Å². The first-order chi connectivity index (χ1) is 13.1. The maximum absolute atomic E-state index is 13.3. The van der Waals surface area contributed by atoms with Crippen LogP contribution in [-0.2, 0) is 22.0 Å². The van der Waals surface area contributed by atoms with Crippen molar-refractivity contribution in [2.45, 2.75) is 44.6 Å². The summed E-state index contributed by atoms with van der Waals surface area (Å²) in [4.78, 5) is 26.0. The fraction of sp³-hybridized carbons (Fsp3) is 0.476. The van der Waals surface area contributed by atoms with Gasteiger partial charge in [0.1, 0.15) is 5.60 Å². The Morgan fingerprint density at radius 1 is 1.18 bits per heavy atom. The van der Waals surface area contributed by atoms with Crippen molar-refractivity contribution >= 4 is 12.1 Å². The van der Waals surface area contributed by atoms with Gasteiger partial charge in [-0.2, -0.15) is 5.10 Å². The number of rotatable bonds is 3. The first kappa shape index (κ1) is 19.9. The number of carbonyl (C=O) groups excluding carboxylic acids is 1. The summed E-state index contributed by atoms with van der Waals surface area (Å²) in [6, 6.07) is 7.83. The predicted octanol–water partition coefficient (Wildman–Crippen LogP) is 3.44. The van der Waals surface area contributed by atoms with Crippen LogP contribution in [0.25, 0.3) is 11.1 Å². The van der Waals surface area contributed by atoms with Crippen LogP contribution in [0.5, 0.6) is 0 Å². The molecule has 3 rings (SSSR count). The number of hydrogen-bond acceptors (Lipinski definition) is 4. The van der Waals surface area contributed by atoms with E-state index in [1.165, 1.54) is 4.90 Å². The van der Waals surface area contributed by atoms with Crippen LogP contribution >= 0.6 is 0 Å². The van der Waals surface area contributed by atoms with Crippen molar-refractivity contribution in [1.29, 1.82) is 0 Å². The van der Waals surface area contributed by atoms with Gasteiger partial charge in [-0.3, -0.25) is 9.48 Å². The maximum atomic E-state index is 13.3. The third-order valence-corrected chi connectivity index (χ3v) is 5.13. The van der Waals surface area contributed by atoms with Crippen molar-refractivity contribution in [2.24, 2.45) is 7.05 Å². The Morgan fingerprint density at radius 2 is 1.86 bits per heavy atom. The molecule has 2 aromatic rings. The summed E-state index contributed by atoms with van der Waals surface area (Å²) in [6.07, 6.45) is 3.54. The topological polar surface area (TPSA) is 84.7 Å². The molecule has 1 aromatic carbocycles. The zero-order valence-electron chi connectivity index (χ0n) is 16.8. The van der Waals surface area contributed by atoms with Crippen LogP contribution in [-0.4, -0.2) is 50.5 Å². The monoisotopic (exact) mass is 385 g/mol. The van der Waals surface area contributed by atoms with E-state index in [-0.39, 0.29) is 5.97 Å². The molecule has 0 unspecified atom stereocenters. The minimum absolute atomic E-state index is 0.297. The minimum atomic E-state index is -0.957. The molecule has 150 valence electrons. The average molecular weight is 385 g/mol. The van der Waals surface area contributed by atoms with E-state index in [4.69, 9.17) is 4.74 Å². The molecule has 7 nitrogen and oxygen atoms in total. The van der Waals surface area contributed by atoms with E-state index in [1.807, 2.05) is 58.3 Å². The fourth-order valence-electron chi connectivity index (χ4n) is 3.63. The lowest BCUT2D eigenvalue weighted by molar-refractivity contribution is -0.164. The molecule has 1 N–H and O–H groups in total. The lowest BCUT2D eigenvalue weighted by Gasteiger charge is -2.40. The zero-order valence-corrected chi connectivity index (χ0v) is 16.8. The quantitative estimate of drug-likeness (QED) is 0.818. The van der Waals surface area contributed by atoms with E-state index in [2.05, 4.69) is 5.10 Å². The van der Waals surface area contributed by atoms with Crippen molar-refractivity contribution in [3.63, 3.8) is 0 Å². The van der Waals surface area contributed by atoms with E-state index >= 15 is 0 Å². The van der Waals surface area contributed by atoms with Crippen LogP contribution in [0.2, 0.25) is 0 Å². The lowest BCUT2D eigenvalue weighted by Crippen LogP contribution is -2.50. The van der Waals surface area contributed by atoms with Gasteiger partial charge < -0.3 is 14.7 Å². The average Bonchev–Trinajstić information content (AvgIpc) is 3.07.